The first-order valence-corrected chi connectivity index (χ1v) is 14.3. The van der Waals surface area contributed by atoms with E-state index in [2.05, 4.69) is 4.98 Å². The fraction of sp³-hybridized carbons (Fsp3) is 0.375. The van der Waals surface area contributed by atoms with Crippen molar-refractivity contribution in [3.63, 3.8) is 0 Å². The highest BCUT2D eigenvalue weighted by Gasteiger charge is 2.33. The predicted octanol–water partition coefficient (Wildman–Crippen LogP) is 3.10. The standard InChI is InChI=1S/C24H29N3O5S2/c1-32-15-14-27-22(16-25-24(27)33(28,29)19-21-8-4-2-5-9-21)18-26(17-20-12-13-20)34(30,31)23-10-6-3-7-11-23/h2-11,16,20H,12-15,17-19H2,1H3. The summed E-state index contributed by atoms with van der Waals surface area (Å²) >= 11 is 0. The van der Waals surface area contributed by atoms with E-state index in [1.54, 1.807) is 59.2 Å². The lowest BCUT2D eigenvalue weighted by Gasteiger charge is -2.23. The molecule has 1 saturated carbocycles. The minimum absolute atomic E-state index is 0.0330. The van der Waals surface area contributed by atoms with Crippen molar-refractivity contribution in [2.24, 2.45) is 5.92 Å². The van der Waals surface area contributed by atoms with Gasteiger partial charge in [-0.05, 0) is 36.5 Å². The fourth-order valence-electron chi connectivity index (χ4n) is 3.80. The summed E-state index contributed by atoms with van der Waals surface area (Å²) in [4.78, 5) is 4.46. The Balaban J connectivity index is 1.67. The number of rotatable bonds is 12. The van der Waals surface area contributed by atoms with E-state index in [0.29, 0.717) is 23.7 Å². The number of hydrogen-bond acceptors (Lipinski definition) is 6. The van der Waals surface area contributed by atoms with E-state index >= 15 is 0 Å². The van der Waals surface area contributed by atoms with Crippen molar-refractivity contribution < 1.29 is 21.6 Å². The highest BCUT2D eigenvalue weighted by Crippen LogP contribution is 2.32. The zero-order valence-electron chi connectivity index (χ0n) is 19.1. The molecular formula is C24H29N3O5S2. The average molecular weight is 504 g/mol. The summed E-state index contributed by atoms with van der Waals surface area (Å²) < 4.78 is 61.5. The largest absolute Gasteiger partial charge is 0.383 e. The number of nitrogens with zero attached hydrogens (tertiary/aromatic N) is 3. The molecule has 3 aromatic rings. The van der Waals surface area contributed by atoms with Crippen LogP contribution < -0.4 is 0 Å². The van der Waals surface area contributed by atoms with Gasteiger partial charge in [-0.1, -0.05) is 48.5 Å². The summed E-state index contributed by atoms with van der Waals surface area (Å²) in [5.41, 5.74) is 1.18. The molecule has 0 atom stereocenters. The quantitative estimate of drug-likeness (QED) is 0.377. The number of hydrogen-bond donors (Lipinski definition) is 0. The maximum absolute atomic E-state index is 13.4. The van der Waals surface area contributed by atoms with Gasteiger partial charge in [0.1, 0.15) is 0 Å². The summed E-state index contributed by atoms with van der Waals surface area (Å²) in [6, 6.07) is 17.2. The third-order valence-electron chi connectivity index (χ3n) is 5.78. The Kier molecular flexibility index (Phi) is 7.51. The van der Waals surface area contributed by atoms with Gasteiger partial charge in [0.2, 0.25) is 25.0 Å². The molecule has 4 rings (SSSR count). The van der Waals surface area contributed by atoms with Crippen LogP contribution in [0.4, 0.5) is 0 Å². The van der Waals surface area contributed by atoms with Crippen molar-refractivity contribution >= 4 is 19.9 Å². The second-order valence-corrected chi connectivity index (χ2v) is 12.3. The van der Waals surface area contributed by atoms with Crippen LogP contribution in [0.2, 0.25) is 0 Å². The minimum Gasteiger partial charge on any atom is -0.383 e. The van der Waals surface area contributed by atoms with Gasteiger partial charge in [-0.2, -0.15) is 4.31 Å². The second-order valence-electron chi connectivity index (χ2n) is 8.48. The number of imidazole rings is 1. The predicted molar refractivity (Wildman–Crippen MR) is 128 cm³/mol. The summed E-state index contributed by atoms with van der Waals surface area (Å²) in [5, 5.41) is -0.0770. The van der Waals surface area contributed by atoms with Gasteiger partial charge in [0.05, 0.1) is 35.7 Å². The van der Waals surface area contributed by atoms with Crippen molar-refractivity contribution in [3.8, 4) is 0 Å². The molecule has 8 nitrogen and oxygen atoms in total. The monoisotopic (exact) mass is 503 g/mol. The van der Waals surface area contributed by atoms with Crippen LogP contribution in [0.15, 0.2) is 76.9 Å². The average Bonchev–Trinajstić information content (AvgIpc) is 3.55. The highest BCUT2D eigenvalue weighted by atomic mass is 32.2. The van der Waals surface area contributed by atoms with Crippen LogP contribution in [0, 0.1) is 5.92 Å². The van der Waals surface area contributed by atoms with Gasteiger partial charge in [-0.3, -0.25) is 0 Å². The lowest BCUT2D eigenvalue weighted by Crippen LogP contribution is -2.33. The molecule has 0 N–H and O–H groups in total. The van der Waals surface area contributed by atoms with Crippen LogP contribution in [-0.4, -0.2) is 51.0 Å². The molecule has 0 spiro atoms. The van der Waals surface area contributed by atoms with E-state index in [1.165, 1.54) is 17.6 Å². The lowest BCUT2D eigenvalue weighted by atomic mass is 10.2. The minimum atomic E-state index is -3.76. The Bertz CT molecular complexity index is 1300. The van der Waals surface area contributed by atoms with E-state index in [9.17, 15) is 16.8 Å². The van der Waals surface area contributed by atoms with Gasteiger partial charge >= 0.3 is 0 Å². The van der Waals surface area contributed by atoms with E-state index in [1.807, 2.05) is 6.07 Å². The van der Waals surface area contributed by atoms with Gasteiger partial charge in [0, 0.05) is 20.2 Å². The first-order valence-electron chi connectivity index (χ1n) is 11.2. The first-order chi connectivity index (χ1) is 16.3. The van der Waals surface area contributed by atoms with Crippen LogP contribution in [0.3, 0.4) is 0 Å². The van der Waals surface area contributed by atoms with E-state index in [-0.39, 0.29) is 35.5 Å². The highest BCUT2D eigenvalue weighted by molar-refractivity contribution is 7.90. The molecular weight excluding hydrogens is 474 g/mol. The second kappa shape index (κ2) is 10.4. The Morgan fingerprint density at radius 3 is 2.26 bits per heavy atom. The maximum atomic E-state index is 13.4. The normalized spacial score (nSPS) is 14.5. The zero-order chi connectivity index (χ0) is 24.2. The van der Waals surface area contributed by atoms with Crippen molar-refractivity contribution in [2.75, 3.05) is 20.3 Å². The fourth-order valence-corrected chi connectivity index (χ4v) is 6.83. The third kappa shape index (κ3) is 5.75. The van der Waals surface area contributed by atoms with Gasteiger partial charge in [-0.15, -0.1) is 0 Å². The Morgan fingerprint density at radius 2 is 1.65 bits per heavy atom. The van der Waals surface area contributed by atoms with Crippen molar-refractivity contribution in [2.45, 2.75) is 41.7 Å². The number of ether oxygens (including phenoxy) is 1. The van der Waals surface area contributed by atoms with Crippen LogP contribution in [0.1, 0.15) is 24.1 Å². The molecule has 182 valence electrons. The molecule has 1 fully saturated rings. The summed E-state index contributed by atoms with van der Waals surface area (Å²) in [6.45, 7) is 0.938. The SMILES string of the molecule is COCCn1c(CN(CC2CC2)S(=O)(=O)c2ccccc2)cnc1S(=O)(=O)Cc1ccccc1. The zero-order valence-corrected chi connectivity index (χ0v) is 20.7. The van der Waals surface area contributed by atoms with Crippen LogP contribution in [-0.2, 0) is 43.4 Å². The molecule has 1 aliphatic carbocycles. The maximum Gasteiger partial charge on any atom is 0.243 e. The molecule has 34 heavy (non-hydrogen) atoms. The molecule has 1 heterocycles. The molecule has 0 amide bonds. The molecule has 0 radical (unpaired) electrons. The van der Waals surface area contributed by atoms with Crippen molar-refractivity contribution in [1.29, 1.82) is 0 Å². The number of sulfone groups is 1. The van der Waals surface area contributed by atoms with E-state index < -0.39 is 19.9 Å². The molecule has 0 aliphatic heterocycles. The summed E-state index contributed by atoms with van der Waals surface area (Å²) in [5.74, 6) is 0.126. The van der Waals surface area contributed by atoms with Crippen molar-refractivity contribution in [1.82, 2.24) is 13.9 Å². The van der Waals surface area contributed by atoms with Crippen LogP contribution in [0.25, 0.3) is 0 Å². The van der Waals surface area contributed by atoms with Gasteiger partial charge in [0.25, 0.3) is 0 Å². The smallest absolute Gasteiger partial charge is 0.243 e. The number of aromatic nitrogens is 2. The van der Waals surface area contributed by atoms with Gasteiger partial charge in [0.15, 0.2) is 0 Å². The van der Waals surface area contributed by atoms with E-state index in [4.69, 9.17) is 4.74 Å². The van der Waals surface area contributed by atoms with Crippen LogP contribution in [0.5, 0.6) is 0 Å². The molecule has 2 aromatic carbocycles. The van der Waals surface area contributed by atoms with Gasteiger partial charge in [-0.25, -0.2) is 21.8 Å². The van der Waals surface area contributed by atoms with Crippen molar-refractivity contribution in [3.05, 3.63) is 78.1 Å². The topological polar surface area (TPSA) is 98.6 Å². The molecule has 0 unspecified atom stereocenters. The Hall–Kier alpha value is -2.53. The number of methoxy groups -OCH3 is 1. The Labute approximate surface area is 201 Å². The molecule has 0 bridgehead atoms. The summed E-state index contributed by atoms with van der Waals surface area (Å²) in [7, 11) is -5.98. The Morgan fingerprint density at radius 1 is 1.00 bits per heavy atom. The molecule has 1 aromatic heterocycles. The first kappa shape index (κ1) is 24.6. The lowest BCUT2D eigenvalue weighted by molar-refractivity contribution is 0.182. The molecule has 0 saturated heterocycles. The molecule has 1 aliphatic rings. The van der Waals surface area contributed by atoms with Crippen LogP contribution >= 0.6 is 0 Å². The number of sulfonamides is 1. The number of benzene rings is 2. The molecule has 10 heteroatoms. The van der Waals surface area contributed by atoms with Gasteiger partial charge < -0.3 is 9.30 Å². The summed E-state index contributed by atoms with van der Waals surface area (Å²) in [6.07, 6.45) is 3.44. The van der Waals surface area contributed by atoms with E-state index in [0.717, 1.165) is 12.8 Å². The third-order valence-corrected chi connectivity index (χ3v) is 9.20.